The molecule has 2 aromatic rings. The van der Waals surface area contributed by atoms with Gasteiger partial charge in [0.25, 0.3) is 0 Å². The van der Waals surface area contributed by atoms with Crippen LogP contribution in [0.5, 0.6) is 0 Å². The van der Waals surface area contributed by atoms with E-state index < -0.39 is 0 Å². The molecular weight excluding hydrogens is 252 g/mol. The van der Waals surface area contributed by atoms with Gasteiger partial charge in [0.15, 0.2) is 0 Å². The monoisotopic (exact) mass is 276 g/mol. The summed E-state index contributed by atoms with van der Waals surface area (Å²) in [6, 6.07) is 8.52. The van der Waals surface area contributed by atoms with Gasteiger partial charge in [0.1, 0.15) is 0 Å². The number of hydrogen-bond donors (Lipinski definition) is 1. The summed E-state index contributed by atoms with van der Waals surface area (Å²) in [6.45, 7) is 3.61. The second kappa shape index (κ2) is 8.04. The number of methoxy groups -OCH3 is 1. The molecule has 1 aromatic carbocycles. The Kier molecular flexibility index (Phi) is 6.05. The fraction of sp³-hybridized carbons (Fsp3) is 0.500. The van der Waals surface area contributed by atoms with Gasteiger partial charge in [-0.2, -0.15) is 0 Å². The molecule has 0 amide bonds. The molecule has 2 N–H and O–H groups in total. The fourth-order valence-corrected chi connectivity index (χ4v) is 2.41. The van der Waals surface area contributed by atoms with Gasteiger partial charge in [0, 0.05) is 30.8 Å². The van der Waals surface area contributed by atoms with Crippen molar-refractivity contribution >= 4 is 10.9 Å². The van der Waals surface area contributed by atoms with E-state index in [9.17, 15) is 0 Å². The third kappa shape index (κ3) is 3.82. The SMILES string of the molecule is COCCOCCn1cc(CCCN)c2ccccc21. The Morgan fingerprint density at radius 2 is 2.00 bits per heavy atom. The van der Waals surface area contributed by atoms with Gasteiger partial charge in [0.2, 0.25) is 0 Å². The van der Waals surface area contributed by atoms with E-state index in [0.717, 1.165) is 25.9 Å². The molecule has 0 fully saturated rings. The number of benzene rings is 1. The summed E-state index contributed by atoms with van der Waals surface area (Å²) in [5, 5.41) is 1.33. The highest BCUT2D eigenvalue weighted by atomic mass is 16.5. The van der Waals surface area contributed by atoms with E-state index in [1.54, 1.807) is 7.11 Å². The first-order chi connectivity index (χ1) is 9.86. The van der Waals surface area contributed by atoms with Gasteiger partial charge in [-0.05, 0) is 31.0 Å². The normalized spacial score (nSPS) is 11.3. The lowest BCUT2D eigenvalue weighted by atomic mass is 10.1. The predicted molar refractivity (Wildman–Crippen MR) is 82.0 cm³/mol. The van der Waals surface area contributed by atoms with Crippen LogP contribution in [-0.2, 0) is 22.4 Å². The van der Waals surface area contributed by atoms with Crippen LogP contribution in [0.3, 0.4) is 0 Å². The highest BCUT2D eigenvalue weighted by molar-refractivity contribution is 5.83. The molecular formula is C16H24N2O2. The van der Waals surface area contributed by atoms with Gasteiger partial charge in [-0.25, -0.2) is 0 Å². The number of hydrogen-bond acceptors (Lipinski definition) is 3. The van der Waals surface area contributed by atoms with Crippen LogP contribution < -0.4 is 5.73 Å². The van der Waals surface area contributed by atoms with Crippen molar-refractivity contribution in [3.63, 3.8) is 0 Å². The van der Waals surface area contributed by atoms with Gasteiger partial charge in [0.05, 0.1) is 19.8 Å². The molecule has 0 saturated heterocycles. The maximum Gasteiger partial charge on any atom is 0.0701 e. The van der Waals surface area contributed by atoms with E-state index in [0.29, 0.717) is 19.8 Å². The van der Waals surface area contributed by atoms with E-state index in [1.165, 1.54) is 16.5 Å². The smallest absolute Gasteiger partial charge is 0.0701 e. The average Bonchev–Trinajstić information content (AvgIpc) is 2.83. The van der Waals surface area contributed by atoms with Crippen molar-refractivity contribution in [1.29, 1.82) is 0 Å². The summed E-state index contributed by atoms with van der Waals surface area (Å²) in [5.41, 5.74) is 8.27. The van der Waals surface area contributed by atoms with Crippen LogP contribution in [0.25, 0.3) is 10.9 Å². The van der Waals surface area contributed by atoms with Crippen LogP contribution in [-0.4, -0.2) is 38.0 Å². The fourth-order valence-electron chi connectivity index (χ4n) is 2.41. The molecule has 0 unspecified atom stereocenters. The Morgan fingerprint density at radius 1 is 1.15 bits per heavy atom. The Labute approximate surface area is 120 Å². The summed E-state index contributed by atoms with van der Waals surface area (Å²) in [6.07, 6.45) is 4.30. The number of aryl methyl sites for hydroxylation is 1. The molecule has 4 nitrogen and oxygen atoms in total. The number of aromatic nitrogens is 1. The maximum absolute atomic E-state index is 5.62. The Hall–Kier alpha value is -1.36. The van der Waals surface area contributed by atoms with Crippen molar-refractivity contribution in [2.24, 2.45) is 5.73 Å². The summed E-state index contributed by atoms with van der Waals surface area (Å²) >= 11 is 0. The van der Waals surface area contributed by atoms with Gasteiger partial charge >= 0.3 is 0 Å². The topological polar surface area (TPSA) is 49.4 Å². The summed E-state index contributed by atoms with van der Waals surface area (Å²) in [4.78, 5) is 0. The van der Waals surface area contributed by atoms with E-state index in [1.807, 2.05) is 0 Å². The number of ether oxygens (including phenoxy) is 2. The number of nitrogens with zero attached hydrogens (tertiary/aromatic N) is 1. The highest BCUT2D eigenvalue weighted by Gasteiger charge is 2.07. The zero-order valence-electron chi connectivity index (χ0n) is 12.2. The van der Waals surface area contributed by atoms with E-state index in [2.05, 4.69) is 35.0 Å². The van der Waals surface area contributed by atoms with Crippen molar-refractivity contribution in [2.75, 3.05) is 33.5 Å². The van der Waals surface area contributed by atoms with Crippen LogP contribution in [0.4, 0.5) is 0 Å². The molecule has 20 heavy (non-hydrogen) atoms. The van der Waals surface area contributed by atoms with Crippen molar-refractivity contribution in [1.82, 2.24) is 4.57 Å². The number of para-hydroxylation sites is 1. The highest BCUT2D eigenvalue weighted by Crippen LogP contribution is 2.22. The third-order valence-corrected chi connectivity index (χ3v) is 3.43. The van der Waals surface area contributed by atoms with Gasteiger partial charge in [-0.15, -0.1) is 0 Å². The van der Waals surface area contributed by atoms with Gasteiger partial charge in [-0.3, -0.25) is 0 Å². The Balaban J connectivity index is 2.04. The summed E-state index contributed by atoms with van der Waals surface area (Å²) in [5.74, 6) is 0. The zero-order valence-corrected chi connectivity index (χ0v) is 12.2. The Bertz CT molecular complexity index is 522. The maximum atomic E-state index is 5.62. The molecule has 1 heterocycles. The number of fused-ring (bicyclic) bond motifs is 1. The standard InChI is InChI=1S/C16H24N2O2/c1-19-11-12-20-10-9-18-13-14(5-4-8-17)15-6-2-3-7-16(15)18/h2-3,6-7,13H,4-5,8-12,17H2,1H3. The number of nitrogens with two attached hydrogens (primary N) is 1. The van der Waals surface area contributed by atoms with Crippen molar-refractivity contribution < 1.29 is 9.47 Å². The molecule has 0 bridgehead atoms. The van der Waals surface area contributed by atoms with Crippen LogP contribution in [0.1, 0.15) is 12.0 Å². The third-order valence-electron chi connectivity index (χ3n) is 3.43. The molecule has 4 heteroatoms. The van der Waals surface area contributed by atoms with Crippen molar-refractivity contribution in [3.8, 4) is 0 Å². The van der Waals surface area contributed by atoms with Gasteiger partial charge in [-0.1, -0.05) is 18.2 Å². The summed E-state index contributed by atoms with van der Waals surface area (Å²) < 4.78 is 12.8. The molecule has 0 radical (unpaired) electrons. The molecule has 0 atom stereocenters. The van der Waals surface area contributed by atoms with Crippen molar-refractivity contribution in [2.45, 2.75) is 19.4 Å². The molecule has 110 valence electrons. The minimum atomic E-state index is 0.647. The molecule has 1 aromatic heterocycles. The molecule has 0 saturated carbocycles. The second-order valence-corrected chi connectivity index (χ2v) is 4.86. The van der Waals surface area contributed by atoms with Gasteiger partial charge < -0.3 is 19.8 Å². The molecule has 0 spiro atoms. The quantitative estimate of drug-likeness (QED) is 0.714. The lowest BCUT2D eigenvalue weighted by Gasteiger charge is -2.06. The minimum absolute atomic E-state index is 0.647. The van der Waals surface area contributed by atoms with Crippen LogP contribution >= 0.6 is 0 Å². The zero-order chi connectivity index (χ0) is 14.2. The molecule has 0 aliphatic carbocycles. The second-order valence-electron chi connectivity index (χ2n) is 4.86. The predicted octanol–water partition coefficient (Wildman–Crippen LogP) is 2.20. The lowest BCUT2D eigenvalue weighted by Crippen LogP contribution is -2.08. The molecule has 2 rings (SSSR count). The minimum Gasteiger partial charge on any atom is -0.382 e. The van der Waals surface area contributed by atoms with E-state index >= 15 is 0 Å². The van der Waals surface area contributed by atoms with E-state index in [-0.39, 0.29) is 0 Å². The Morgan fingerprint density at radius 3 is 2.80 bits per heavy atom. The molecule has 0 aliphatic heterocycles. The average molecular weight is 276 g/mol. The van der Waals surface area contributed by atoms with Crippen LogP contribution in [0.2, 0.25) is 0 Å². The number of rotatable bonds is 9. The first kappa shape index (κ1) is 15.0. The summed E-state index contributed by atoms with van der Waals surface area (Å²) in [7, 11) is 1.69. The lowest BCUT2D eigenvalue weighted by molar-refractivity contribution is 0.0670. The van der Waals surface area contributed by atoms with Crippen LogP contribution in [0.15, 0.2) is 30.5 Å². The first-order valence-electron chi connectivity index (χ1n) is 7.20. The molecule has 0 aliphatic rings. The largest absolute Gasteiger partial charge is 0.382 e. The first-order valence-corrected chi connectivity index (χ1v) is 7.20. The van der Waals surface area contributed by atoms with Crippen molar-refractivity contribution in [3.05, 3.63) is 36.0 Å². The van der Waals surface area contributed by atoms with E-state index in [4.69, 9.17) is 15.2 Å². The van der Waals surface area contributed by atoms with Crippen LogP contribution in [0, 0.1) is 0 Å².